The van der Waals surface area contributed by atoms with E-state index in [1.54, 1.807) is 6.07 Å². The zero-order valence-corrected chi connectivity index (χ0v) is 9.25. The smallest absolute Gasteiger partial charge is 0.147 e. The minimum absolute atomic E-state index is 0.354. The molecule has 1 atom stereocenters. The first-order valence-electron chi connectivity index (χ1n) is 4.88. The van der Waals surface area contributed by atoms with E-state index < -0.39 is 0 Å². The van der Waals surface area contributed by atoms with Crippen molar-refractivity contribution in [3.63, 3.8) is 0 Å². The molecule has 1 saturated heterocycles. The van der Waals surface area contributed by atoms with Crippen molar-refractivity contribution in [3.8, 4) is 0 Å². The molecule has 1 aliphatic heterocycles. The number of likely N-dealkylation sites (tertiary alicyclic amines) is 1. The lowest BCUT2D eigenvalue weighted by Gasteiger charge is -2.17. The topological polar surface area (TPSA) is 29.0 Å². The summed E-state index contributed by atoms with van der Waals surface area (Å²) in [5, 5.41) is 0.549. The largest absolute Gasteiger partial charge is 0.296 e. The Kier molecular flexibility index (Phi) is 2.70. The van der Waals surface area contributed by atoms with E-state index in [1.165, 1.54) is 6.42 Å². The zero-order valence-electron chi connectivity index (χ0n) is 8.50. The van der Waals surface area contributed by atoms with Gasteiger partial charge in [0.25, 0.3) is 0 Å². The number of hydrogen-bond donors (Lipinski definition) is 0. The van der Waals surface area contributed by atoms with E-state index in [2.05, 4.69) is 21.9 Å². The highest BCUT2D eigenvalue weighted by atomic mass is 35.5. The van der Waals surface area contributed by atoms with Gasteiger partial charge in [-0.1, -0.05) is 11.6 Å². The Hall–Kier alpha value is -0.670. The molecule has 0 aliphatic carbocycles. The van der Waals surface area contributed by atoms with Gasteiger partial charge in [-0.25, -0.2) is 9.97 Å². The normalized spacial score (nSPS) is 22.9. The third-order valence-electron chi connectivity index (χ3n) is 2.66. The predicted octanol–water partition coefficient (Wildman–Crippen LogP) is 2.21. The Morgan fingerprint density at radius 3 is 2.86 bits per heavy atom. The van der Waals surface area contributed by atoms with E-state index in [9.17, 15) is 0 Å². The summed E-state index contributed by atoms with van der Waals surface area (Å²) in [7, 11) is 2.11. The van der Waals surface area contributed by atoms with E-state index in [4.69, 9.17) is 11.6 Å². The van der Waals surface area contributed by atoms with Gasteiger partial charge in [-0.3, -0.25) is 4.90 Å². The summed E-state index contributed by atoms with van der Waals surface area (Å²) in [5.74, 6) is 0.870. The minimum atomic E-state index is 0.354. The Balaban J connectivity index is 2.31. The molecule has 0 amide bonds. The van der Waals surface area contributed by atoms with Crippen LogP contribution >= 0.6 is 11.6 Å². The summed E-state index contributed by atoms with van der Waals surface area (Å²) in [5.41, 5.74) is 0.945. The SMILES string of the molecule is Cc1cc(Cl)nc([C@@H]2CCCN2C)n1. The molecule has 76 valence electrons. The number of aryl methyl sites for hydroxylation is 1. The molecular weight excluding hydrogens is 198 g/mol. The average molecular weight is 212 g/mol. The van der Waals surface area contributed by atoms with Crippen LogP contribution in [0, 0.1) is 6.92 Å². The van der Waals surface area contributed by atoms with Gasteiger partial charge in [-0.05, 0) is 39.4 Å². The van der Waals surface area contributed by atoms with Crippen molar-refractivity contribution in [3.05, 3.63) is 22.7 Å². The summed E-state index contributed by atoms with van der Waals surface area (Å²) in [6, 6.07) is 2.15. The highest BCUT2D eigenvalue weighted by Crippen LogP contribution is 2.28. The first-order valence-corrected chi connectivity index (χ1v) is 5.26. The maximum Gasteiger partial charge on any atom is 0.147 e. The highest BCUT2D eigenvalue weighted by molar-refractivity contribution is 6.29. The molecule has 1 aliphatic rings. The molecule has 1 aromatic rings. The molecule has 0 bridgehead atoms. The molecule has 3 nitrogen and oxygen atoms in total. The van der Waals surface area contributed by atoms with Crippen LogP contribution in [-0.4, -0.2) is 28.5 Å². The van der Waals surface area contributed by atoms with Crippen LogP contribution in [0.2, 0.25) is 5.15 Å². The van der Waals surface area contributed by atoms with Crippen molar-refractivity contribution in [1.29, 1.82) is 0 Å². The molecule has 0 saturated carbocycles. The zero-order chi connectivity index (χ0) is 10.1. The standard InChI is InChI=1S/C10H14ClN3/c1-7-6-9(11)13-10(12-7)8-4-3-5-14(8)2/h6,8H,3-5H2,1-2H3/t8-/m0/s1. The fraction of sp³-hybridized carbons (Fsp3) is 0.600. The number of rotatable bonds is 1. The molecule has 4 heteroatoms. The lowest BCUT2D eigenvalue weighted by molar-refractivity contribution is 0.305. The number of aromatic nitrogens is 2. The molecule has 0 radical (unpaired) electrons. The second-order valence-corrected chi connectivity index (χ2v) is 4.22. The summed E-state index contributed by atoms with van der Waals surface area (Å²) in [6.45, 7) is 3.07. The van der Waals surface area contributed by atoms with Crippen molar-refractivity contribution in [2.75, 3.05) is 13.6 Å². The summed E-state index contributed by atoms with van der Waals surface area (Å²) >= 11 is 5.91. The van der Waals surface area contributed by atoms with Crippen LogP contribution < -0.4 is 0 Å². The van der Waals surface area contributed by atoms with E-state index in [0.717, 1.165) is 24.5 Å². The molecule has 1 aromatic heterocycles. The van der Waals surface area contributed by atoms with Gasteiger partial charge in [0.1, 0.15) is 11.0 Å². The average Bonchev–Trinajstić information content (AvgIpc) is 2.49. The Labute approximate surface area is 89.1 Å². The van der Waals surface area contributed by atoms with Gasteiger partial charge in [-0.15, -0.1) is 0 Å². The first-order chi connectivity index (χ1) is 6.66. The van der Waals surface area contributed by atoms with Crippen molar-refractivity contribution in [2.24, 2.45) is 0 Å². The van der Waals surface area contributed by atoms with E-state index in [0.29, 0.717) is 11.2 Å². The molecule has 2 rings (SSSR count). The molecule has 0 unspecified atom stereocenters. The van der Waals surface area contributed by atoms with Crippen molar-refractivity contribution < 1.29 is 0 Å². The molecule has 2 heterocycles. The first kappa shape index (κ1) is 9.87. The number of nitrogens with zero attached hydrogens (tertiary/aromatic N) is 3. The fourth-order valence-electron chi connectivity index (χ4n) is 1.94. The van der Waals surface area contributed by atoms with Crippen LogP contribution in [0.25, 0.3) is 0 Å². The maximum absolute atomic E-state index is 5.91. The second-order valence-electron chi connectivity index (χ2n) is 3.83. The number of halogens is 1. The van der Waals surface area contributed by atoms with Gasteiger partial charge in [0.15, 0.2) is 0 Å². The number of hydrogen-bond acceptors (Lipinski definition) is 3. The third kappa shape index (κ3) is 1.88. The molecule has 0 spiro atoms. The maximum atomic E-state index is 5.91. The highest BCUT2D eigenvalue weighted by Gasteiger charge is 2.25. The van der Waals surface area contributed by atoms with E-state index in [1.807, 2.05) is 6.92 Å². The van der Waals surface area contributed by atoms with Crippen LogP contribution in [0.15, 0.2) is 6.07 Å². The Bertz CT molecular complexity index is 320. The van der Waals surface area contributed by atoms with Crippen LogP contribution in [0.3, 0.4) is 0 Å². The lowest BCUT2D eigenvalue weighted by Crippen LogP contribution is -2.19. The summed E-state index contributed by atoms with van der Waals surface area (Å²) in [6.07, 6.45) is 2.35. The Morgan fingerprint density at radius 1 is 1.50 bits per heavy atom. The third-order valence-corrected chi connectivity index (χ3v) is 2.85. The second kappa shape index (κ2) is 3.83. The van der Waals surface area contributed by atoms with Crippen molar-refractivity contribution in [2.45, 2.75) is 25.8 Å². The van der Waals surface area contributed by atoms with Crippen LogP contribution in [-0.2, 0) is 0 Å². The van der Waals surface area contributed by atoms with Gasteiger partial charge in [-0.2, -0.15) is 0 Å². The Morgan fingerprint density at radius 2 is 2.29 bits per heavy atom. The molecule has 0 N–H and O–H groups in total. The van der Waals surface area contributed by atoms with Gasteiger partial charge in [0.05, 0.1) is 6.04 Å². The minimum Gasteiger partial charge on any atom is -0.296 e. The van der Waals surface area contributed by atoms with Crippen LogP contribution in [0.5, 0.6) is 0 Å². The van der Waals surface area contributed by atoms with E-state index in [-0.39, 0.29) is 0 Å². The molecular formula is C10H14ClN3. The van der Waals surface area contributed by atoms with Gasteiger partial charge >= 0.3 is 0 Å². The molecule has 0 aromatic carbocycles. The summed E-state index contributed by atoms with van der Waals surface area (Å²) < 4.78 is 0. The summed E-state index contributed by atoms with van der Waals surface area (Å²) in [4.78, 5) is 11.0. The van der Waals surface area contributed by atoms with Crippen LogP contribution in [0.1, 0.15) is 30.4 Å². The monoisotopic (exact) mass is 211 g/mol. The fourth-order valence-corrected chi connectivity index (χ4v) is 2.18. The van der Waals surface area contributed by atoms with Gasteiger partial charge < -0.3 is 0 Å². The van der Waals surface area contributed by atoms with Crippen LogP contribution in [0.4, 0.5) is 0 Å². The predicted molar refractivity (Wildman–Crippen MR) is 56.4 cm³/mol. The lowest BCUT2D eigenvalue weighted by atomic mass is 10.2. The quantitative estimate of drug-likeness (QED) is 0.667. The molecule has 14 heavy (non-hydrogen) atoms. The van der Waals surface area contributed by atoms with Gasteiger partial charge in [0, 0.05) is 5.69 Å². The van der Waals surface area contributed by atoms with Crippen molar-refractivity contribution >= 4 is 11.6 Å². The van der Waals surface area contributed by atoms with Gasteiger partial charge in [0.2, 0.25) is 0 Å². The molecule has 1 fully saturated rings. The van der Waals surface area contributed by atoms with Crippen molar-refractivity contribution in [1.82, 2.24) is 14.9 Å². The van der Waals surface area contributed by atoms with E-state index >= 15 is 0 Å².